The molecule has 5 nitrogen and oxygen atoms in total. The molecule has 2 aromatic rings. The summed E-state index contributed by atoms with van der Waals surface area (Å²) in [6.45, 7) is 2.44. The summed E-state index contributed by atoms with van der Waals surface area (Å²) in [5, 5.41) is 2.78. The summed E-state index contributed by atoms with van der Waals surface area (Å²) in [4.78, 5) is 20.6. The van der Waals surface area contributed by atoms with E-state index in [-0.39, 0.29) is 5.91 Å². The van der Waals surface area contributed by atoms with E-state index in [1.54, 1.807) is 36.8 Å². The van der Waals surface area contributed by atoms with Crippen molar-refractivity contribution in [3.8, 4) is 5.75 Å². The first-order valence-corrected chi connectivity index (χ1v) is 7.81. The van der Waals surface area contributed by atoms with Crippen molar-refractivity contribution in [1.29, 1.82) is 0 Å². The number of ether oxygens (including phenoxy) is 1. The standard InChI is InChI=1S/C17H14BrN3O2/c1-11-10-23-15-5-3-7-20-16(15)13(11)8-14(18)17(22)21-12-4-2-6-19-9-12/h2-9H,10H2,1H3,(H,21,22)/b14-8+. The van der Waals surface area contributed by atoms with E-state index in [4.69, 9.17) is 4.74 Å². The number of aromatic nitrogens is 2. The number of halogens is 1. The predicted octanol–water partition coefficient (Wildman–Crippen LogP) is 3.56. The molecule has 1 aliphatic heterocycles. The number of amides is 1. The summed E-state index contributed by atoms with van der Waals surface area (Å²) in [5.41, 5.74) is 3.28. The Labute approximate surface area is 142 Å². The fraction of sp³-hybridized carbons (Fsp3) is 0.118. The molecule has 0 aliphatic carbocycles. The third-order valence-corrected chi connectivity index (χ3v) is 3.93. The highest BCUT2D eigenvalue weighted by Crippen LogP contribution is 2.33. The first kappa shape index (κ1) is 15.4. The molecule has 3 heterocycles. The highest BCUT2D eigenvalue weighted by atomic mass is 79.9. The molecule has 1 amide bonds. The molecule has 0 aromatic carbocycles. The van der Waals surface area contributed by atoms with Crippen molar-refractivity contribution < 1.29 is 9.53 Å². The minimum Gasteiger partial charge on any atom is -0.487 e. The lowest BCUT2D eigenvalue weighted by Crippen LogP contribution is -2.13. The number of pyridine rings is 2. The summed E-state index contributed by atoms with van der Waals surface area (Å²) in [6, 6.07) is 7.23. The molecule has 1 aliphatic rings. The monoisotopic (exact) mass is 371 g/mol. The Kier molecular flexibility index (Phi) is 4.52. The van der Waals surface area contributed by atoms with Crippen molar-refractivity contribution in [1.82, 2.24) is 9.97 Å². The number of fused-ring (bicyclic) bond motifs is 1. The van der Waals surface area contributed by atoms with Crippen molar-refractivity contribution in [2.75, 3.05) is 11.9 Å². The average molecular weight is 372 g/mol. The van der Waals surface area contributed by atoms with E-state index in [0.717, 1.165) is 22.6 Å². The molecule has 0 bridgehead atoms. The van der Waals surface area contributed by atoms with Crippen LogP contribution in [0.25, 0.3) is 5.57 Å². The Bertz CT molecular complexity index is 800. The zero-order chi connectivity index (χ0) is 16.2. The second-order valence-corrected chi connectivity index (χ2v) is 5.88. The third kappa shape index (κ3) is 3.48. The number of hydrogen-bond donors (Lipinski definition) is 1. The van der Waals surface area contributed by atoms with E-state index in [0.29, 0.717) is 16.8 Å². The Morgan fingerprint density at radius 2 is 2.17 bits per heavy atom. The van der Waals surface area contributed by atoms with Gasteiger partial charge in [0.2, 0.25) is 0 Å². The van der Waals surface area contributed by atoms with Crippen molar-refractivity contribution >= 4 is 33.1 Å². The van der Waals surface area contributed by atoms with Crippen LogP contribution in [0.5, 0.6) is 5.75 Å². The van der Waals surface area contributed by atoms with Crippen LogP contribution in [0.15, 0.2) is 59.0 Å². The smallest absolute Gasteiger partial charge is 0.262 e. The van der Waals surface area contributed by atoms with E-state index < -0.39 is 0 Å². The maximum atomic E-state index is 12.3. The Morgan fingerprint density at radius 3 is 2.96 bits per heavy atom. The molecule has 0 atom stereocenters. The zero-order valence-electron chi connectivity index (χ0n) is 12.4. The lowest BCUT2D eigenvalue weighted by Gasteiger charge is -2.19. The van der Waals surface area contributed by atoms with Gasteiger partial charge in [0.1, 0.15) is 18.1 Å². The minimum atomic E-state index is -0.248. The highest BCUT2D eigenvalue weighted by Gasteiger charge is 2.19. The van der Waals surface area contributed by atoms with Crippen LogP contribution < -0.4 is 10.1 Å². The third-order valence-electron chi connectivity index (χ3n) is 3.34. The number of carbonyl (C=O) groups is 1. The van der Waals surface area contributed by atoms with Crippen LogP contribution in [0, 0.1) is 0 Å². The number of anilines is 1. The normalized spacial score (nSPS) is 14.1. The van der Waals surface area contributed by atoms with Crippen LogP contribution in [0.2, 0.25) is 0 Å². The molecular weight excluding hydrogens is 358 g/mol. The van der Waals surface area contributed by atoms with Gasteiger partial charge in [0.05, 0.1) is 16.4 Å². The van der Waals surface area contributed by atoms with Crippen molar-refractivity contribution in [3.05, 3.63) is 64.7 Å². The zero-order valence-corrected chi connectivity index (χ0v) is 14.0. The molecule has 116 valence electrons. The van der Waals surface area contributed by atoms with Crippen molar-refractivity contribution in [2.45, 2.75) is 6.92 Å². The molecule has 0 spiro atoms. The fourth-order valence-corrected chi connectivity index (χ4v) is 2.51. The summed E-state index contributed by atoms with van der Waals surface area (Å²) < 4.78 is 6.04. The molecule has 0 saturated carbocycles. The summed E-state index contributed by atoms with van der Waals surface area (Å²) in [5.74, 6) is 0.472. The minimum absolute atomic E-state index is 0.248. The Hall–Kier alpha value is -2.47. The first-order chi connectivity index (χ1) is 11.1. The SMILES string of the molecule is CC1=C(/C=C(/Br)C(=O)Nc2cccnc2)c2ncccc2OC1. The average Bonchev–Trinajstić information content (AvgIpc) is 2.58. The largest absolute Gasteiger partial charge is 0.487 e. The van der Waals surface area contributed by atoms with E-state index >= 15 is 0 Å². The predicted molar refractivity (Wildman–Crippen MR) is 92.2 cm³/mol. The van der Waals surface area contributed by atoms with Gasteiger partial charge in [-0.15, -0.1) is 0 Å². The Balaban J connectivity index is 1.86. The van der Waals surface area contributed by atoms with Gasteiger partial charge in [0.15, 0.2) is 0 Å². The molecule has 3 rings (SSSR count). The molecule has 6 heteroatoms. The molecule has 1 N–H and O–H groups in total. The van der Waals surface area contributed by atoms with Gasteiger partial charge in [-0.05, 0) is 58.8 Å². The molecular formula is C17H14BrN3O2. The molecule has 2 aromatic heterocycles. The summed E-state index contributed by atoms with van der Waals surface area (Å²) in [7, 11) is 0. The molecule has 0 saturated heterocycles. The van der Waals surface area contributed by atoms with Crippen LogP contribution in [0.3, 0.4) is 0 Å². The lowest BCUT2D eigenvalue weighted by molar-refractivity contribution is -0.112. The second-order valence-electron chi connectivity index (χ2n) is 5.02. The number of nitrogens with zero attached hydrogens (tertiary/aromatic N) is 2. The van der Waals surface area contributed by atoms with Crippen LogP contribution in [-0.2, 0) is 4.79 Å². The number of rotatable bonds is 3. The lowest BCUT2D eigenvalue weighted by atomic mass is 10.0. The van der Waals surface area contributed by atoms with Gasteiger partial charge in [-0.3, -0.25) is 14.8 Å². The van der Waals surface area contributed by atoms with Gasteiger partial charge in [-0.1, -0.05) is 0 Å². The molecule has 0 radical (unpaired) electrons. The van der Waals surface area contributed by atoms with Crippen LogP contribution in [0.4, 0.5) is 5.69 Å². The van der Waals surface area contributed by atoms with Gasteiger partial charge in [0, 0.05) is 18.0 Å². The van der Waals surface area contributed by atoms with E-state index in [9.17, 15) is 4.79 Å². The summed E-state index contributed by atoms with van der Waals surface area (Å²) >= 11 is 3.34. The first-order valence-electron chi connectivity index (χ1n) is 7.01. The molecule has 0 unspecified atom stereocenters. The van der Waals surface area contributed by atoms with E-state index in [1.807, 2.05) is 19.1 Å². The highest BCUT2D eigenvalue weighted by molar-refractivity contribution is 9.12. The Morgan fingerprint density at radius 1 is 1.35 bits per heavy atom. The molecule has 0 fully saturated rings. The van der Waals surface area contributed by atoms with E-state index in [2.05, 4.69) is 31.2 Å². The van der Waals surface area contributed by atoms with Crippen LogP contribution in [0.1, 0.15) is 12.6 Å². The topological polar surface area (TPSA) is 64.1 Å². The molecule has 23 heavy (non-hydrogen) atoms. The number of allylic oxidation sites excluding steroid dienone is 2. The van der Waals surface area contributed by atoms with E-state index in [1.165, 1.54) is 0 Å². The van der Waals surface area contributed by atoms with Gasteiger partial charge in [0.25, 0.3) is 5.91 Å². The number of nitrogens with one attached hydrogen (secondary N) is 1. The van der Waals surface area contributed by atoms with Crippen LogP contribution in [-0.4, -0.2) is 22.5 Å². The van der Waals surface area contributed by atoms with Gasteiger partial charge in [-0.25, -0.2) is 0 Å². The quantitative estimate of drug-likeness (QED) is 0.837. The second kappa shape index (κ2) is 6.75. The van der Waals surface area contributed by atoms with Gasteiger partial charge < -0.3 is 10.1 Å². The van der Waals surface area contributed by atoms with Crippen molar-refractivity contribution in [3.63, 3.8) is 0 Å². The maximum absolute atomic E-state index is 12.3. The van der Waals surface area contributed by atoms with Crippen LogP contribution >= 0.6 is 15.9 Å². The number of hydrogen-bond acceptors (Lipinski definition) is 4. The van der Waals surface area contributed by atoms with Gasteiger partial charge in [-0.2, -0.15) is 0 Å². The van der Waals surface area contributed by atoms with Crippen molar-refractivity contribution in [2.24, 2.45) is 0 Å². The maximum Gasteiger partial charge on any atom is 0.262 e. The van der Waals surface area contributed by atoms with Gasteiger partial charge >= 0.3 is 0 Å². The number of carbonyl (C=O) groups excluding carboxylic acids is 1. The summed E-state index contributed by atoms with van der Waals surface area (Å²) in [6.07, 6.45) is 6.72. The fourth-order valence-electron chi connectivity index (χ4n) is 2.19.